The third kappa shape index (κ3) is 2.12. The first kappa shape index (κ1) is 12.2. The molecule has 1 aromatic carbocycles. The normalized spacial score (nSPS) is 20.0. The Balaban J connectivity index is 1.96. The van der Waals surface area contributed by atoms with E-state index in [-0.39, 0.29) is 0 Å². The Labute approximate surface area is 113 Å². The van der Waals surface area contributed by atoms with Crippen LogP contribution in [0.15, 0.2) is 30.5 Å². The number of phenols is 1. The van der Waals surface area contributed by atoms with Crippen molar-refractivity contribution in [3.05, 3.63) is 36.3 Å². The number of benzene rings is 1. The van der Waals surface area contributed by atoms with E-state index in [2.05, 4.69) is 28.5 Å². The molecular weight excluding hydrogens is 238 g/mol. The monoisotopic (exact) mass is 257 g/mol. The lowest BCUT2D eigenvalue weighted by Gasteiger charge is -2.19. The summed E-state index contributed by atoms with van der Waals surface area (Å²) in [5, 5.41) is 9.36. The molecule has 4 heteroatoms. The first-order valence-electron chi connectivity index (χ1n) is 6.68. The second-order valence-corrected chi connectivity index (χ2v) is 5.25. The Morgan fingerprint density at radius 1 is 1.21 bits per heavy atom. The fraction of sp³-hybridized carbons (Fsp3) is 0.400. The van der Waals surface area contributed by atoms with Crippen LogP contribution < -0.4 is 0 Å². The van der Waals surface area contributed by atoms with Gasteiger partial charge in [0.1, 0.15) is 11.6 Å². The number of imidazole rings is 1. The molecule has 2 heterocycles. The molecule has 0 amide bonds. The first-order chi connectivity index (χ1) is 9.16. The average Bonchev–Trinajstić information content (AvgIpc) is 2.97. The lowest BCUT2D eigenvalue weighted by atomic mass is 10.1. The van der Waals surface area contributed by atoms with Crippen LogP contribution in [-0.4, -0.2) is 33.1 Å². The van der Waals surface area contributed by atoms with Gasteiger partial charge in [-0.25, -0.2) is 4.98 Å². The molecular formula is C15H19N3O. The summed E-state index contributed by atoms with van der Waals surface area (Å²) in [6, 6.07) is 7.70. The van der Waals surface area contributed by atoms with Crippen molar-refractivity contribution in [1.82, 2.24) is 14.5 Å². The van der Waals surface area contributed by atoms with Gasteiger partial charge in [-0.15, -0.1) is 0 Å². The van der Waals surface area contributed by atoms with Crippen molar-refractivity contribution in [2.75, 3.05) is 13.6 Å². The highest BCUT2D eigenvalue weighted by molar-refractivity contribution is 5.60. The smallest absolute Gasteiger partial charge is 0.126 e. The molecule has 1 N–H and O–H groups in total. The number of hydrogen-bond acceptors (Lipinski definition) is 3. The maximum atomic E-state index is 9.36. The van der Waals surface area contributed by atoms with Gasteiger partial charge in [-0.1, -0.05) is 0 Å². The quantitative estimate of drug-likeness (QED) is 0.899. The van der Waals surface area contributed by atoms with Crippen LogP contribution in [-0.2, 0) is 7.05 Å². The SMILES string of the molecule is CN1CCCC1c1ncc(-c2ccc(O)cc2)n1C. The number of aromatic nitrogens is 2. The topological polar surface area (TPSA) is 41.3 Å². The predicted octanol–water partition coefficient (Wildman–Crippen LogP) is 2.56. The standard InChI is InChI=1S/C15H19N3O/c1-17-9-3-4-13(17)15-16-10-14(18(15)2)11-5-7-12(19)8-6-11/h5-8,10,13,19H,3-4,9H2,1-2H3. The molecule has 0 spiro atoms. The number of likely N-dealkylation sites (tertiary alicyclic amines) is 1. The minimum absolute atomic E-state index is 0.293. The minimum atomic E-state index is 0.293. The molecule has 2 aromatic rings. The Kier molecular flexibility index (Phi) is 3.03. The summed E-state index contributed by atoms with van der Waals surface area (Å²) in [5.74, 6) is 1.42. The molecule has 0 bridgehead atoms. The third-order valence-electron chi connectivity index (χ3n) is 4.01. The zero-order valence-corrected chi connectivity index (χ0v) is 11.4. The van der Waals surface area contributed by atoms with Crippen molar-refractivity contribution in [3.63, 3.8) is 0 Å². The Bertz CT molecular complexity index is 574. The van der Waals surface area contributed by atoms with Gasteiger partial charge in [-0.2, -0.15) is 0 Å². The molecule has 0 saturated carbocycles. The molecule has 1 aromatic heterocycles. The summed E-state index contributed by atoms with van der Waals surface area (Å²) in [6.07, 6.45) is 4.34. The molecule has 1 saturated heterocycles. The maximum absolute atomic E-state index is 9.36. The van der Waals surface area contributed by atoms with Gasteiger partial charge >= 0.3 is 0 Å². The van der Waals surface area contributed by atoms with Crippen molar-refractivity contribution >= 4 is 0 Å². The van der Waals surface area contributed by atoms with Gasteiger partial charge in [-0.05, 0) is 50.7 Å². The van der Waals surface area contributed by atoms with Crippen LogP contribution in [0, 0.1) is 0 Å². The summed E-state index contributed by atoms with van der Waals surface area (Å²) in [6.45, 7) is 1.14. The highest BCUT2D eigenvalue weighted by Crippen LogP contribution is 2.32. The van der Waals surface area contributed by atoms with Crippen LogP contribution in [0.3, 0.4) is 0 Å². The van der Waals surface area contributed by atoms with E-state index in [1.165, 1.54) is 12.8 Å². The lowest BCUT2D eigenvalue weighted by Crippen LogP contribution is -2.20. The molecule has 4 nitrogen and oxygen atoms in total. The summed E-state index contributed by atoms with van der Waals surface area (Å²) >= 11 is 0. The molecule has 1 aliphatic rings. The maximum Gasteiger partial charge on any atom is 0.126 e. The summed E-state index contributed by atoms with van der Waals surface area (Å²) < 4.78 is 2.17. The van der Waals surface area contributed by atoms with Crippen molar-refractivity contribution in [1.29, 1.82) is 0 Å². The predicted molar refractivity (Wildman–Crippen MR) is 74.9 cm³/mol. The largest absolute Gasteiger partial charge is 0.508 e. The van der Waals surface area contributed by atoms with Crippen LogP contribution in [0.2, 0.25) is 0 Å². The van der Waals surface area contributed by atoms with Gasteiger partial charge in [-0.3, -0.25) is 4.90 Å². The van der Waals surface area contributed by atoms with Crippen molar-refractivity contribution in [3.8, 4) is 17.0 Å². The minimum Gasteiger partial charge on any atom is -0.508 e. The number of nitrogens with zero attached hydrogens (tertiary/aromatic N) is 3. The molecule has 19 heavy (non-hydrogen) atoms. The second-order valence-electron chi connectivity index (χ2n) is 5.25. The number of hydrogen-bond donors (Lipinski definition) is 1. The van der Waals surface area contributed by atoms with Gasteiger partial charge in [0, 0.05) is 12.6 Å². The van der Waals surface area contributed by atoms with Crippen molar-refractivity contribution < 1.29 is 5.11 Å². The van der Waals surface area contributed by atoms with E-state index in [4.69, 9.17) is 0 Å². The molecule has 1 atom stereocenters. The van der Waals surface area contributed by atoms with Crippen LogP contribution in [0.4, 0.5) is 0 Å². The van der Waals surface area contributed by atoms with Crippen LogP contribution in [0.25, 0.3) is 11.3 Å². The Morgan fingerprint density at radius 3 is 2.58 bits per heavy atom. The van der Waals surface area contributed by atoms with E-state index >= 15 is 0 Å². The van der Waals surface area contributed by atoms with Crippen molar-refractivity contribution in [2.45, 2.75) is 18.9 Å². The van der Waals surface area contributed by atoms with Crippen LogP contribution in [0.5, 0.6) is 5.75 Å². The highest BCUT2D eigenvalue weighted by Gasteiger charge is 2.26. The zero-order chi connectivity index (χ0) is 13.4. The fourth-order valence-corrected chi connectivity index (χ4v) is 2.87. The first-order valence-corrected chi connectivity index (χ1v) is 6.68. The van der Waals surface area contributed by atoms with E-state index in [9.17, 15) is 5.11 Å². The van der Waals surface area contributed by atoms with Gasteiger partial charge < -0.3 is 9.67 Å². The molecule has 100 valence electrons. The fourth-order valence-electron chi connectivity index (χ4n) is 2.87. The van der Waals surface area contributed by atoms with Gasteiger partial charge in [0.15, 0.2) is 0 Å². The van der Waals surface area contributed by atoms with E-state index in [0.29, 0.717) is 11.8 Å². The number of aromatic hydroxyl groups is 1. The molecule has 0 aliphatic carbocycles. The molecule has 0 radical (unpaired) electrons. The van der Waals surface area contributed by atoms with E-state index in [1.807, 2.05) is 18.3 Å². The summed E-state index contributed by atoms with van der Waals surface area (Å²) in [5.41, 5.74) is 2.18. The zero-order valence-electron chi connectivity index (χ0n) is 11.4. The Hall–Kier alpha value is -1.81. The summed E-state index contributed by atoms with van der Waals surface area (Å²) in [7, 11) is 4.23. The van der Waals surface area contributed by atoms with Gasteiger partial charge in [0.25, 0.3) is 0 Å². The van der Waals surface area contributed by atoms with E-state index in [1.54, 1.807) is 12.1 Å². The lowest BCUT2D eigenvalue weighted by molar-refractivity contribution is 0.301. The van der Waals surface area contributed by atoms with E-state index < -0.39 is 0 Å². The van der Waals surface area contributed by atoms with Crippen LogP contribution >= 0.6 is 0 Å². The number of rotatable bonds is 2. The van der Waals surface area contributed by atoms with Crippen molar-refractivity contribution in [2.24, 2.45) is 7.05 Å². The van der Waals surface area contributed by atoms with E-state index in [0.717, 1.165) is 23.6 Å². The number of phenolic OH excluding ortho intramolecular Hbond substituents is 1. The molecule has 1 unspecified atom stereocenters. The van der Waals surface area contributed by atoms with Crippen LogP contribution in [0.1, 0.15) is 24.7 Å². The molecule has 1 fully saturated rings. The molecule has 1 aliphatic heterocycles. The molecule has 3 rings (SSSR count). The summed E-state index contributed by atoms with van der Waals surface area (Å²) in [4.78, 5) is 6.97. The van der Waals surface area contributed by atoms with Gasteiger partial charge in [0.2, 0.25) is 0 Å². The highest BCUT2D eigenvalue weighted by atomic mass is 16.3. The average molecular weight is 257 g/mol. The van der Waals surface area contributed by atoms with Gasteiger partial charge in [0.05, 0.1) is 17.9 Å². The third-order valence-corrected chi connectivity index (χ3v) is 4.01. The second kappa shape index (κ2) is 4.70. The Morgan fingerprint density at radius 2 is 1.95 bits per heavy atom.